The number of aromatic nitrogens is 1. The minimum atomic E-state index is -0.0324. The number of ether oxygens (including phenoxy) is 1. The number of nitrogens with zero attached hydrogens (tertiary/aromatic N) is 2. The summed E-state index contributed by atoms with van der Waals surface area (Å²) in [6.45, 7) is 6.02. The molecule has 1 aromatic heterocycles. The molecular weight excluding hydrogens is 230 g/mol. The number of anilines is 1. The summed E-state index contributed by atoms with van der Waals surface area (Å²) in [5.41, 5.74) is 0. The Labute approximate surface area is 107 Å². The second-order valence-electron chi connectivity index (χ2n) is 4.71. The number of nitrogens with one attached hydrogen (secondary N) is 1. The van der Waals surface area contributed by atoms with Gasteiger partial charge in [0, 0.05) is 19.3 Å². The molecule has 0 saturated carbocycles. The minimum Gasteiger partial charge on any atom is -0.373 e. The lowest BCUT2D eigenvalue weighted by Gasteiger charge is -2.34. The van der Waals surface area contributed by atoms with Gasteiger partial charge < -0.3 is 10.1 Å². The maximum atomic E-state index is 11.9. The van der Waals surface area contributed by atoms with Crippen molar-refractivity contribution in [3.8, 4) is 0 Å². The van der Waals surface area contributed by atoms with Crippen LogP contribution in [0.3, 0.4) is 0 Å². The van der Waals surface area contributed by atoms with Crippen molar-refractivity contribution in [2.75, 3.05) is 25.0 Å². The van der Waals surface area contributed by atoms with Gasteiger partial charge in [0.05, 0.1) is 18.8 Å². The molecular formula is C13H19N3O2. The Morgan fingerprint density at radius 1 is 1.44 bits per heavy atom. The van der Waals surface area contributed by atoms with Crippen LogP contribution in [0, 0.1) is 0 Å². The number of morpholine rings is 1. The molecule has 2 rings (SSSR count). The molecule has 0 radical (unpaired) electrons. The van der Waals surface area contributed by atoms with E-state index in [1.54, 1.807) is 12.3 Å². The van der Waals surface area contributed by atoms with Gasteiger partial charge in [0.1, 0.15) is 5.82 Å². The van der Waals surface area contributed by atoms with Crippen molar-refractivity contribution in [1.82, 2.24) is 9.88 Å². The highest BCUT2D eigenvalue weighted by molar-refractivity contribution is 5.91. The molecule has 1 aliphatic rings. The van der Waals surface area contributed by atoms with Crippen LogP contribution in [-0.2, 0) is 9.53 Å². The van der Waals surface area contributed by atoms with Crippen molar-refractivity contribution in [2.24, 2.45) is 0 Å². The number of amides is 1. The third-order valence-electron chi connectivity index (χ3n) is 2.79. The van der Waals surface area contributed by atoms with Crippen LogP contribution in [0.1, 0.15) is 13.8 Å². The zero-order chi connectivity index (χ0) is 13.0. The highest BCUT2D eigenvalue weighted by atomic mass is 16.5. The molecule has 98 valence electrons. The molecule has 2 atom stereocenters. The maximum absolute atomic E-state index is 11.9. The van der Waals surface area contributed by atoms with Crippen LogP contribution >= 0.6 is 0 Å². The summed E-state index contributed by atoms with van der Waals surface area (Å²) in [5, 5.41) is 2.79. The van der Waals surface area contributed by atoms with Gasteiger partial charge in [-0.25, -0.2) is 4.98 Å². The Morgan fingerprint density at radius 3 is 2.78 bits per heavy atom. The molecule has 5 nitrogen and oxygen atoms in total. The largest absolute Gasteiger partial charge is 0.373 e. The van der Waals surface area contributed by atoms with Crippen molar-refractivity contribution in [1.29, 1.82) is 0 Å². The predicted molar refractivity (Wildman–Crippen MR) is 69.3 cm³/mol. The van der Waals surface area contributed by atoms with Crippen LogP contribution in [0.5, 0.6) is 0 Å². The first-order chi connectivity index (χ1) is 8.63. The molecule has 1 amide bonds. The zero-order valence-corrected chi connectivity index (χ0v) is 10.8. The first-order valence-electron chi connectivity index (χ1n) is 6.22. The van der Waals surface area contributed by atoms with E-state index in [1.807, 2.05) is 26.0 Å². The van der Waals surface area contributed by atoms with Crippen LogP contribution in [0.15, 0.2) is 24.4 Å². The van der Waals surface area contributed by atoms with E-state index in [4.69, 9.17) is 4.74 Å². The number of carbonyl (C=O) groups excluding carboxylic acids is 1. The van der Waals surface area contributed by atoms with E-state index in [0.29, 0.717) is 12.4 Å². The molecule has 0 aliphatic carbocycles. The van der Waals surface area contributed by atoms with E-state index in [2.05, 4.69) is 15.2 Å². The summed E-state index contributed by atoms with van der Waals surface area (Å²) >= 11 is 0. The fourth-order valence-corrected chi connectivity index (χ4v) is 2.24. The summed E-state index contributed by atoms with van der Waals surface area (Å²) in [7, 11) is 0. The van der Waals surface area contributed by atoms with E-state index in [1.165, 1.54) is 0 Å². The van der Waals surface area contributed by atoms with Crippen LogP contribution < -0.4 is 5.32 Å². The van der Waals surface area contributed by atoms with Gasteiger partial charge in [-0.2, -0.15) is 0 Å². The Balaban J connectivity index is 1.84. The number of carbonyl (C=O) groups is 1. The maximum Gasteiger partial charge on any atom is 0.239 e. The van der Waals surface area contributed by atoms with Gasteiger partial charge in [-0.3, -0.25) is 9.69 Å². The first kappa shape index (κ1) is 13.0. The molecule has 2 unspecified atom stereocenters. The number of hydrogen-bond donors (Lipinski definition) is 1. The van der Waals surface area contributed by atoms with Crippen molar-refractivity contribution < 1.29 is 9.53 Å². The van der Waals surface area contributed by atoms with E-state index >= 15 is 0 Å². The quantitative estimate of drug-likeness (QED) is 0.872. The van der Waals surface area contributed by atoms with Gasteiger partial charge in [-0.1, -0.05) is 6.07 Å². The third kappa shape index (κ3) is 3.78. The standard InChI is InChI=1S/C13H19N3O2/c1-10-7-16(8-11(2)18-10)9-13(17)15-12-5-3-4-6-14-12/h3-6,10-11H,7-9H2,1-2H3,(H,14,15,17). The lowest BCUT2D eigenvalue weighted by Crippen LogP contribution is -2.48. The average Bonchev–Trinajstić information content (AvgIpc) is 2.28. The molecule has 1 N–H and O–H groups in total. The number of hydrogen-bond acceptors (Lipinski definition) is 4. The molecule has 0 aromatic carbocycles. The summed E-state index contributed by atoms with van der Waals surface area (Å²) in [6, 6.07) is 5.45. The first-order valence-corrected chi connectivity index (χ1v) is 6.22. The second kappa shape index (κ2) is 5.93. The second-order valence-corrected chi connectivity index (χ2v) is 4.71. The van der Waals surface area contributed by atoms with Crippen LogP contribution in [0.4, 0.5) is 5.82 Å². The smallest absolute Gasteiger partial charge is 0.239 e. The SMILES string of the molecule is CC1CN(CC(=O)Nc2ccccn2)CC(C)O1. The molecule has 1 aromatic rings. The molecule has 18 heavy (non-hydrogen) atoms. The topological polar surface area (TPSA) is 54.5 Å². The van der Waals surface area contributed by atoms with Gasteiger partial charge in [-0.15, -0.1) is 0 Å². The Bertz CT molecular complexity index is 386. The molecule has 5 heteroatoms. The van der Waals surface area contributed by atoms with Gasteiger partial charge in [0.25, 0.3) is 0 Å². The lowest BCUT2D eigenvalue weighted by molar-refractivity contribution is -0.121. The van der Waals surface area contributed by atoms with Gasteiger partial charge in [0.15, 0.2) is 0 Å². The summed E-state index contributed by atoms with van der Waals surface area (Å²) in [5.74, 6) is 0.562. The molecule has 0 bridgehead atoms. The Hall–Kier alpha value is -1.46. The average molecular weight is 249 g/mol. The van der Waals surface area contributed by atoms with Crippen molar-refractivity contribution >= 4 is 11.7 Å². The Morgan fingerprint density at radius 2 is 2.17 bits per heavy atom. The summed E-state index contributed by atoms with van der Waals surface area (Å²) in [4.78, 5) is 18.0. The highest BCUT2D eigenvalue weighted by Crippen LogP contribution is 2.10. The number of pyridine rings is 1. The van der Waals surface area contributed by atoms with Crippen LogP contribution in [0.25, 0.3) is 0 Å². The van der Waals surface area contributed by atoms with E-state index in [9.17, 15) is 4.79 Å². The minimum absolute atomic E-state index is 0.0324. The predicted octanol–water partition coefficient (Wildman–Crippen LogP) is 1.13. The van der Waals surface area contributed by atoms with E-state index in [0.717, 1.165) is 13.1 Å². The number of rotatable bonds is 3. The van der Waals surface area contributed by atoms with E-state index < -0.39 is 0 Å². The summed E-state index contributed by atoms with van der Waals surface area (Å²) < 4.78 is 5.63. The molecule has 1 saturated heterocycles. The monoisotopic (exact) mass is 249 g/mol. The van der Waals surface area contributed by atoms with Crippen molar-refractivity contribution in [2.45, 2.75) is 26.1 Å². The molecule has 1 fully saturated rings. The van der Waals surface area contributed by atoms with Gasteiger partial charge in [-0.05, 0) is 26.0 Å². The van der Waals surface area contributed by atoms with Gasteiger partial charge in [0.2, 0.25) is 5.91 Å². The van der Waals surface area contributed by atoms with Crippen molar-refractivity contribution in [3.05, 3.63) is 24.4 Å². The zero-order valence-electron chi connectivity index (χ0n) is 10.8. The normalized spacial score (nSPS) is 24.8. The Kier molecular flexibility index (Phi) is 4.28. The van der Waals surface area contributed by atoms with Crippen LogP contribution in [-0.4, -0.2) is 47.6 Å². The molecule has 2 heterocycles. The fraction of sp³-hybridized carbons (Fsp3) is 0.538. The fourth-order valence-electron chi connectivity index (χ4n) is 2.24. The van der Waals surface area contributed by atoms with Gasteiger partial charge >= 0.3 is 0 Å². The molecule has 0 spiro atoms. The molecule has 1 aliphatic heterocycles. The van der Waals surface area contributed by atoms with Crippen LogP contribution in [0.2, 0.25) is 0 Å². The van der Waals surface area contributed by atoms with Crippen molar-refractivity contribution in [3.63, 3.8) is 0 Å². The van der Waals surface area contributed by atoms with E-state index in [-0.39, 0.29) is 18.1 Å². The lowest BCUT2D eigenvalue weighted by atomic mass is 10.2. The highest BCUT2D eigenvalue weighted by Gasteiger charge is 2.23. The third-order valence-corrected chi connectivity index (χ3v) is 2.79. The summed E-state index contributed by atoms with van der Waals surface area (Å²) in [6.07, 6.45) is 2.02.